The Morgan fingerprint density at radius 1 is 1.26 bits per heavy atom. The van der Waals surface area contributed by atoms with E-state index in [0.717, 1.165) is 10.9 Å². The van der Waals surface area contributed by atoms with Gasteiger partial charge in [-0.05, 0) is 36.2 Å². The summed E-state index contributed by atoms with van der Waals surface area (Å²) in [6, 6.07) is 14.3. The third-order valence-corrected chi connectivity index (χ3v) is 3.63. The Morgan fingerprint density at radius 3 is 2.74 bits per heavy atom. The van der Waals surface area contributed by atoms with Crippen molar-refractivity contribution in [3.8, 4) is 0 Å². The van der Waals surface area contributed by atoms with Gasteiger partial charge in [-0.15, -0.1) is 0 Å². The number of epoxide rings is 1. The van der Waals surface area contributed by atoms with Crippen molar-refractivity contribution in [1.29, 1.82) is 0 Å². The Bertz CT molecular complexity index is 635. The van der Waals surface area contributed by atoms with E-state index in [1.165, 1.54) is 5.39 Å². The lowest BCUT2D eigenvalue weighted by Gasteiger charge is -2.08. The fraction of sp³-hybridized carbons (Fsp3) is 0.312. The van der Waals surface area contributed by atoms with Gasteiger partial charge in [0.05, 0.1) is 6.61 Å². The van der Waals surface area contributed by atoms with Crippen LogP contribution in [-0.2, 0) is 19.9 Å². The molecule has 1 saturated heterocycles. The molecule has 0 radical (unpaired) electrons. The Hall–Kier alpha value is -1.87. The van der Waals surface area contributed by atoms with Crippen molar-refractivity contribution in [3.05, 3.63) is 48.0 Å². The number of ether oxygens (including phenoxy) is 2. The maximum atomic E-state index is 11.7. The van der Waals surface area contributed by atoms with Crippen LogP contribution in [0.15, 0.2) is 42.5 Å². The van der Waals surface area contributed by atoms with E-state index in [1.54, 1.807) is 6.92 Å². The molecule has 2 atom stereocenters. The second kappa shape index (κ2) is 4.35. The summed E-state index contributed by atoms with van der Waals surface area (Å²) in [5.41, 5.74) is 0.472. The molecule has 1 aliphatic rings. The van der Waals surface area contributed by atoms with E-state index in [9.17, 15) is 4.79 Å². The molecule has 19 heavy (non-hydrogen) atoms. The predicted molar refractivity (Wildman–Crippen MR) is 72.8 cm³/mol. The number of benzene rings is 2. The maximum Gasteiger partial charge on any atom is 0.338 e. The number of hydrogen-bond acceptors (Lipinski definition) is 3. The molecule has 0 saturated carbocycles. The largest absolute Gasteiger partial charge is 0.464 e. The van der Waals surface area contributed by atoms with E-state index in [0.29, 0.717) is 6.61 Å². The molecule has 3 rings (SSSR count). The molecule has 0 N–H and O–H groups in total. The van der Waals surface area contributed by atoms with E-state index in [-0.39, 0.29) is 5.97 Å². The lowest BCUT2D eigenvalue weighted by molar-refractivity contribution is -0.144. The molecule has 0 bridgehead atoms. The molecule has 0 aromatic heterocycles. The van der Waals surface area contributed by atoms with Crippen molar-refractivity contribution in [2.45, 2.75) is 25.6 Å². The first kappa shape index (κ1) is 12.2. The quantitative estimate of drug-likeness (QED) is 0.626. The van der Waals surface area contributed by atoms with Gasteiger partial charge in [0.2, 0.25) is 0 Å². The Balaban J connectivity index is 1.91. The smallest absolute Gasteiger partial charge is 0.338 e. The van der Waals surface area contributed by atoms with Crippen LogP contribution in [0.4, 0.5) is 0 Å². The highest BCUT2D eigenvalue weighted by atomic mass is 16.7. The van der Waals surface area contributed by atoms with E-state index < -0.39 is 11.7 Å². The van der Waals surface area contributed by atoms with Crippen LogP contribution in [0.2, 0.25) is 0 Å². The van der Waals surface area contributed by atoms with E-state index in [4.69, 9.17) is 9.47 Å². The zero-order chi connectivity index (χ0) is 13.5. The molecule has 2 unspecified atom stereocenters. The van der Waals surface area contributed by atoms with Crippen LogP contribution in [-0.4, -0.2) is 18.7 Å². The second-order valence-electron chi connectivity index (χ2n) is 4.92. The van der Waals surface area contributed by atoms with Crippen molar-refractivity contribution < 1.29 is 14.3 Å². The van der Waals surface area contributed by atoms with Crippen LogP contribution >= 0.6 is 0 Å². The van der Waals surface area contributed by atoms with Gasteiger partial charge in [-0.1, -0.05) is 36.4 Å². The summed E-state index contributed by atoms with van der Waals surface area (Å²) >= 11 is 0. The van der Waals surface area contributed by atoms with Gasteiger partial charge in [-0.3, -0.25) is 0 Å². The van der Waals surface area contributed by atoms with Gasteiger partial charge in [0.1, 0.15) is 5.60 Å². The van der Waals surface area contributed by atoms with Crippen LogP contribution in [0.25, 0.3) is 10.8 Å². The molecule has 1 heterocycles. The average Bonchev–Trinajstić information content (AvgIpc) is 3.12. The van der Waals surface area contributed by atoms with Crippen LogP contribution < -0.4 is 0 Å². The number of carbonyl (C=O) groups excluding carboxylic acids is 1. The molecular formula is C16H16O3. The molecular weight excluding hydrogens is 240 g/mol. The molecule has 3 heteroatoms. The summed E-state index contributed by atoms with van der Waals surface area (Å²) in [6.07, 6.45) is -0.478. The monoisotopic (exact) mass is 256 g/mol. The SMILES string of the molecule is CCOC(=O)C1OC1(C)c1ccc2ccccc2c1. The highest BCUT2D eigenvalue weighted by Crippen LogP contribution is 2.47. The predicted octanol–water partition coefficient (Wildman–Crippen LogP) is 3.02. The van der Waals surface area contributed by atoms with E-state index >= 15 is 0 Å². The third-order valence-electron chi connectivity index (χ3n) is 3.63. The van der Waals surface area contributed by atoms with Crippen LogP contribution in [0.3, 0.4) is 0 Å². The molecule has 0 spiro atoms. The minimum absolute atomic E-state index is 0.279. The summed E-state index contributed by atoms with van der Waals surface area (Å²) in [7, 11) is 0. The van der Waals surface area contributed by atoms with E-state index in [2.05, 4.69) is 24.3 Å². The van der Waals surface area contributed by atoms with Gasteiger partial charge in [0, 0.05) is 0 Å². The Morgan fingerprint density at radius 2 is 2.00 bits per heavy atom. The Labute approximate surface area is 112 Å². The van der Waals surface area contributed by atoms with Crippen molar-refractivity contribution in [3.63, 3.8) is 0 Å². The topological polar surface area (TPSA) is 38.8 Å². The first-order valence-corrected chi connectivity index (χ1v) is 6.49. The van der Waals surface area contributed by atoms with Crippen molar-refractivity contribution in [1.82, 2.24) is 0 Å². The zero-order valence-electron chi connectivity index (χ0n) is 11.1. The first-order chi connectivity index (χ1) is 9.15. The molecule has 2 aromatic rings. The van der Waals surface area contributed by atoms with Gasteiger partial charge in [-0.2, -0.15) is 0 Å². The summed E-state index contributed by atoms with van der Waals surface area (Å²) in [6.45, 7) is 4.11. The summed E-state index contributed by atoms with van der Waals surface area (Å²) < 4.78 is 10.6. The lowest BCUT2D eigenvalue weighted by atomic mass is 9.95. The van der Waals surface area contributed by atoms with Gasteiger partial charge in [0.15, 0.2) is 6.10 Å². The van der Waals surface area contributed by atoms with Crippen molar-refractivity contribution >= 4 is 16.7 Å². The van der Waals surface area contributed by atoms with Crippen molar-refractivity contribution in [2.75, 3.05) is 6.61 Å². The molecule has 1 fully saturated rings. The molecule has 0 amide bonds. The lowest BCUT2D eigenvalue weighted by Crippen LogP contribution is -2.18. The second-order valence-corrected chi connectivity index (χ2v) is 4.92. The van der Waals surface area contributed by atoms with Crippen molar-refractivity contribution in [2.24, 2.45) is 0 Å². The normalized spacial score (nSPS) is 25.3. The number of carbonyl (C=O) groups is 1. The fourth-order valence-corrected chi connectivity index (χ4v) is 2.42. The van der Waals surface area contributed by atoms with Crippen LogP contribution in [0, 0.1) is 0 Å². The third kappa shape index (κ3) is 2.00. The van der Waals surface area contributed by atoms with Gasteiger partial charge >= 0.3 is 5.97 Å². The molecule has 1 aliphatic heterocycles. The van der Waals surface area contributed by atoms with E-state index in [1.807, 2.05) is 25.1 Å². The number of rotatable bonds is 3. The standard InChI is InChI=1S/C16H16O3/c1-3-18-15(17)14-16(2,19-14)13-9-8-11-6-4-5-7-12(11)10-13/h4-10,14H,3H2,1-2H3. The minimum Gasteiger partial charge on any atom is -0.464 e. The highest BCUT2D eigenvalue weighted by molar-refractivity contribution is 5.85. The van der Waals surface area contributed by atoms with Crippen LogP contribution in [0.1, 0.15) is 19.4 Å². The minimum atomic E-state index is -0.545. The molecule has 98 valence electrons. The van der Waals surface area contributed by atoms with Gasteiger partial charge in [-0.25, -0.2) is 4.79 Å². The summed E-state index contributed by atoms with van der Waals surface area (Å²) in [5, 5.41) is 2.34. The maximum absolute atomic E-state index is 11.7. The molecule has 3 nitrogen and oxygen atoms in total. The fourth-order valence-electron chi connectivity index (χ4n) is 2.42. The molecule has 2 aromatic carbocycles. The average molecular weight is 256 g/mol. The van der Waals surface area contributed by atoms with Gasteiger partial charge < -0.3 is 9.47 Å². The highest BCUT2D eigenvalue weighted by Gasteiger charge is 2.59. The molecule has 0 aliphatic carbocycles. The number of fused-ring (bicyclic) bond motifs is 1. The van der Waals surface area contributed by atoms with Gasteiger partial charge in [0.25, 0.3) is 0 Å². The summed E-state index contributed by atoms with van der Waals surface area (Å²) in [4.78, 5) is 11.7. The summed E-state index contributed by atoms with van der Waals surface area (Å²) in [5.74, 6) is -0.279. The number of hydrogen-bond donors (Lipinski definition) is 0. The number of esters is 1. The first-order valence-electron chi connectivity index (χ1n) is 6.49. The zero-order valence-corrected chi connectivity index (χ0v) is 11.1. The van der Waals surface area contributed by atoms with Crippen LogP contribution in [0.5, 0.6) is 0 Å². The Kier molecular flexibility index (Phi) is 2.79.